The van der Waals surface area contributed by atoms with Crippen LogP contribution >= 0.6 is 0 Å². The van der Waals surface area contributed by atoms with Crippen molar-refractivity contribution in [3.05, 3.63) is 65.7 Å². The number of pyridine rings is 1. The Morgan fingerprint density at radius 1 is 1.19 bits per heavy atom. The average Bonchev–Trinajstić information content (AvgIpc) is 2.91. The Kier molecular flexibility index (Phi) is 6.93. The summed E-state index contributed by atoms with van der Waals surface area (Å²) >= 11 is 0. The Labute approximate surface area is 161 Å². The van der Waals surface area contributed by atoms with E-state index in [4.69, 9.17) is 0 Å². The average molecular weight is 369 g/mol. The number of carbonyl (C=O) groups excluding carboxylic acids is 1. The van der Waals surface area contributed by atoms with Gasteiger partial charge in [0.15, 0.2) is 0 Å². The van der Waals surface area contributed by atoms with Crippen LogP contribution in [0.1, 0.15) is 36.8 Å². The Bertz CT molecular complexity index is 720. The summed E-state index contributed by atoms with van der Waals surface area (Å²) in [7, 11) is 2.05. The van der Waals surface area contributed by atoms with Gasteiger partial charge in [-0.1, -0.05) is 31.0 Å². The highest BCUT2D eigenvalue weighted by Crippen LogP contribution is 2.19. The lowest BCUT2D eigenvalue weighted by atomic mass is 10.1. The van der Waals surface area contributed by atoms with Crippen molar-refractivity contribution in [3.8, 4) is 0 Å². The van der Waals surface area contributed by atoms with Crippen LogP contribution in [-0.2, 0) is 17.8 Å². The van der Waals surface area contributed by atoms with Crippen LogP contribution in [0.4, 0.5) is 4.39 Å². The molecule has 1 fully saturated rings. The molecule has 1 aromatic heterocycles. The maximum atomic E-state index is 13.3. The van der Waals surface area contributed by atoms with Crippen LogP contribution in [0.15, 0.2) is 48.8 Å². The van der Waals surface area contributed by atoms with Crippen molar-refractivity contribution in [3.63, 3.8) is 0 Å². The number of rotatable bonds is 6. The summed E-state index contributed by atoms with van der Waals surface area (Å²) in [6, 6.07) is 10.4. The molecule has 5 heteroatoms. The van der Waals surface area contributed by atoms with Crippen molar-refractivity contribution in [2.45, 2.75) is 44.7 Å². The third kappa shape index (κ3) is 5.60. The molecular formula is C22H28FN3O. The fourth-order valence-electron chi connectivity index (χ4n) is 3.67. The molecule has 0 bridgehead atoms. The highest BCUT2D eigenvalue weighted by Gasteiger charge is 2.28. The molecule has 1 amide bonds. The highest BCUT2D eigenvalue weighted by molar-refractivity contribution is 5.82. The minimum Gasteiger partial charge on any atom is -0.337 e. The van der Waals surface area contributed by atoms with Gasteiger partial charge in [0.25, 0.3) is 0 Å². The molecule has 1 unspecified atom stereocenters. The van der Waals surface area contributed by atoms with E-state index in [1.807, 2.05) is 23.2 Å². The summed E-state index contributed by atoms with van der Waals surface area (Å²) in [4.78, 5) is 21.7. The number of carbonyl (C=O) groups is 1. The van der Waals surface area contributed by atoms with Crippen molar-refractivity contribution < 1.29 is 9.18 Å². The van der Waals surface area contributed by atoms with E-state index in [-0.39, 0.29) is 17.8 Å². The first-order valence-corrected chi connectivity index (χ1v) is 9.76. The van der Waals surface area contributed by atoms with E-state index in [0.29, 0.717) is 19.5 Å². The normalized spacial score (nSPS) is 18.1. The van der Waals surface area contributed by atoms with Crippen LogP contribution in [0, 0.1) is 5.82 Å². The molecule has 2 aromatic rings. The molecule has 1 aliphatic rings. The number of likely N-dealkylation sites (N-methyl/N-ethyl adjacent to an activating group) is 1. The molecule has 4 nitrogen and oxygen atoms in total. The molecule has 3 rings (SSSR count). The van der Waals surface area contributed by atoms with E-state index in [2.05, 4.69) is 16.9 Å². The summed E-state index contributed by atoms with van der Waals surface area (Å²) in [5.41, 5.74) is 2.07. The molecular weight excluding hydrogens is 341 g/mol. The van der Waals surface area contributed by atoms with Crippen LogP contribution in [0.3, 0.4) is 0 Å². The molecule has 0 radical (unpaired) electrons. The Morgan fingerprint density at radius 3 is 2.74 bits per heavy atom. The maximum absolute atomic E-state index is 13.3. The molecule has 1 aromatic carbocycles. The lowest BCUT2D eigenvalue weighted by Gasteiger charge is -2.31. The van der Waals surface area contributed by atoms with Crippen LogP contribution in [0.2, 0.25) is 0 Å². The maximum Gasteiger partial charge on any atom is 0.240 e. The van der Waals surface area contributed by atoms with Crippen LogP contribution in [0.25, 0.3) is 0 Å². The molecule has 1 atom stereocenters. The Morgan fingerprint density at radius 2 is 2.00 bits per heavy atom. The van der Waals surface area contributed by atoms with E-state index in [1.54, 1.807) is 18.3 Å². The predicted molar refractivity (Wildman–Crippen MR) is 105 cm³/mol. The molecule has 1 aliphatic heterocycles. The molecule has 144 valence electrons. The minimum atomic E-state index is -0.234. The predicted octanol–water partition coefficient (Wildman–Crippen LogP) is 3.67. The van der Waals surface area contributed by atoms with E-state index in [0.717, 1.165) is 36.9 Å². The first kappa shape index (κ1) is 19.5. The smallest absolute Gasteiger partial charge is 0.240 e. The van der Waals surface area contributed by atoms with E-state index in [9.17, 15) is 9.18 Å². The number of hydrogen-bond acceptors (Lipinski definition) is 3. The SMILES string of the molecule is CN1CCCCCC1C(=O)N(CCc1ccc(F)cc1)Cc1cccnc1. The molecule has 0 spiro atoms. The number of halogens is 1. The highest BCUT2D eigenvalue weighted by atomic mass is 19.1. The minimum absolute atomic E-state index is 0.0580. The van der Waals surface area contributed by atoms with Gasteiger partial charge in [-0.2, -0.15) is 0 Å². The topological polar surface area (TPSA) is 36.4 Å². The number of aromatic nitrogens is 1. The number of benzene rings is 1. The molecule has 1 saturated heterocycles. The third-order valence-electron chi connectivity index (χ3n) is 5.30. The lowest BCUT2D eigenvalue weighted by molar-refractivity contribution is -0.137. The van der Waals surface area contributed by atoms with Crippen molar-refractivity contribution in [2.75, 3.05) is 20.1 Å². The summed E-state index contributed by atoms with van der Waals surface area (Å²) in [6.45, 7) is 2.14. The van der Waals surface area contributed by atoms with Gasteiger partial charge >= 0.3 is 0 Å². The zero-order valence-corrected chi connectivity index (χ0v) is 16.0. The van der Waals surface area contributed by atoms with Gasteiger partial charge in [0.2, 0.25) is 5.91 Å². The number of amides is 1. The third-order valence-corrected chi connectivity index (χ3v) is 5.30. The molecule has 0 saturated carbocycles. The monoisotopic (exact) mass is 369 g/mol. The van der Waals surface area contributed by atoms with Gasteiger partial charge in [-0.3, -0.25) is 14.7 Å². The van der Waals surface area contributed by atoms with Gasteiger partial charge in [0, 0.05) is 25.5 Å². The van der Waals surface area contributed by atoms with Gasteiger partial charge in [-0.25, -0.2) is 4.39 Å². The first-order valence-electron chi connectivity index (χ1n) is 9.76. The van der Waals surface area contributed by atoms with Gasteiger partial charge in [0.05, 0.1) is 6.04 Å². The van der Waals surface area contributed by atoms with E-state index >= 15 is 0 Å². The van der Waals surface area contributed by atoms with Gasteiger partial charge < -0.3 is 4.90 Å². The van der Waals surface area contributed by atoms with E-state index in [1.165, 1.54) is 18.6 Å². The lowest BCUT2D eigenvalue weighted by Crippen LogP contribution is -2.47. The molecule has 0 aliphatic carbocycles. The Balaban J connectivity index is 1.73. The van der Waals surface area contributed by atoms with Gasteiger partial charge in [-0.05, 0) is 62.2 Å². The molecule has 2 heterocycles. The summed E-state index contributed by atoms with van der Waals surface area (Å²) in [5, 5.41) is 0. The molecule has 0 N–H and O–H groups in total. The molecule has 27 heavy (non-hydrogen) atoms. The van der Waals surface area contributed by atoms with E-state index < -0.39 is 0 Å². The van der Waals surface area contributed by atoms with Crippen LogP contribution in [-0.4, -0.2) is 46.9 Å². The van der Waals surface area contributed by atoms with Crippen LogP contribution in [0.5, 0.6) is 0 Å². The van der Waals surface area contributed by atoms with Gasteiger partial charge in [0.1, 0.15) is 5.82 Å². The number of nitrogens with zero attached hydrogens (tertiary/aromatic N) is 3. The fourth-order valence-corrected chi connectivity index (χ4v) is 3.67. The zero-order valence-electron chi connectivity index (χ0n) is 16.0. The summed E-state index contributed by atoms with van der Waals surface area (Å²) in [6.07, 6.45) is 8.62. The van der Waals surface area contributed by atoms with Crippen molar-refractivity contribution in [1.29, 1.82) is 0 Å². The van der Waals surface area contributed by atoms with Crippen molar-refractivity contribution >= 4 is 5.91 Å². The largest absolute Gasteiger partial charge is 0.337 e. The summed E-state index contributed by atoms with van der Waals surface area (Å²) < 4.78 is 13.1. The second kappa shape index (κ2) is 9.60. The number of hydrogen-bond donors (Lipinski definition) is 0. The van der Waals surface area contributed by atoms with Crippen LogP contribution < -0.4 is 0 Å². The van der Waals surface area contributed by atoms with Crippen molar-refractivity contribution in [2.24, 2.45) is 0 Å². The quantitative estimate of drug-likeness (QED) is 0.780. The first-order chi connectivity index (χ1) is 13.1. The Hall–Kier alpha value is -2.27. The second-order valence-corrected chi connectivity index (χ2v) is 7.34. The van der Waals surface area contributed by atoms with Gasteiger partial charge in [-0.15, -0.1) is 0 Å². The second-order valence-electron chi connectivity index (χ2n) is 7.34. The number of likely N-dealkylation sites (tertiary alicyclic amines) is 1. The van der Waals surface area contributed by atoms with Crippen molar-refractivity contribution in [1.82, 2.24) is 14.8 Å². The fraction of sp³-hybridized carbons (Fsp3) is 0.455. The zero-order chi connectivity index (χ0) is 19.1. The summed E-state index contributed by atoms with van der Waals surface area (Å²) in [5.74, 6) is -0.0486. The standard InChI is InChI=1S/C22H28FN3O/c1-25-14-4-2-3-7-21(25)22(27)26(17-19-6-5-13-24-16-19)15-12-18-8-10-20(23)11-9-18/h5-6,8-11,13,16,21H,2-4,7,12,14-15,17H2,1H3.